The first-order valence-electron chi connectivity index (χ1n) is 7.79. The van der Waals surface area contributed by atoms with Gasteiger partial charge in [0.2, 0.25) is 0 Å². The van der Waals surface area contributed by atoms with Crippen molar-refractivity contribution in [3.05, 3.63) is 34.0 Å². The lowest BCUT2D eigenvalue weighted by atomic mass is 10.0. The van der Waals surface area contributed by atoms with Crippen molar-refractivity contribution < 1.29 is 0 Å². The number of hydrogen-bond acceptors (Lipinski definition) is 2. The van der Waals surface area contributed by atoms with Crippen molar-refractivity contribution in [2.75, 3.05) is 0 Å². The average molecular weight is 277 g/mol. The monoisotopic (exact) mass is 277 g/mol. The molecule has 0 fully saturated rings. The highest BCUT2D eigenvalue weighted by molar-refractivity contribution is 7.12. The van der Waals surface area contributed by atoms with Gasteiger partial charge in [-0.25, -0.2) is 0 Å². The summed E-state index contributed by atoms with van der Waals surface area (Å²) in [6.07, 6.45) is 14.8. The van der Waals surface area contributed by atoms with E-state index in [0.717, 1.165) is 12.8 Å². The van der Waals surface area contributed by atoms with Gasteiger partial charge in [0.1, 0.15) is 0 Å². The Kier molecular flexibility index (Phi) is 6.12. The molecule has 0 saturated carbocycles. The molecule has 1 atom stereocenters. The molecular weight excluding hydrogens is 250 g/mol. The van der Waals surface area contributed by atoms with Crippen molar-refractivity contribution in [3.8, 4) is 0 Å². The van der Waals surface area contributed by atoms with E-state index >= 15 is 0 Å². The number of thiophene rings is 1. The van der Waals surface area contributed by atoms with Gasteiger partial charge < -0.3 is 5.73 Å². The Labute approximate surface area is 121 Å². The van der Waals surface area contributed by atoms with E-state index in [-0.39, 0.29) is 6.04 Å². The molecule has 1 nitrogen and oxygen atoms in total. The summed E-state index contributed by atoms with van der Waals surface area (Å²) in [4.78, 5) is 3.05. The van der Waals surface area contributed by atoms with Crippen molar-refractivity contribution in [2.45, 2.75) is 70.3 Å². The summed E-state index contributed by atoms with van der Waals surface area (Å²) in [5, 5.41) is 0. The smallest absolute Gasteiger partial charge is 0.0389 e. The van der Waals surface area contributed by atoms with Crippen LogP contribution in [0.1, 0.15) is 72.7 Å². The van der Waals surface area contributed by atoms with Gasteiger partial charge in [-0.3, -0.25) is 0 Å². The van der Waals surface area contributed by atoms with Gasteiger partial charge in [0, 0.05) is 15.8 Å². The molecule has 106 valence electrons. The van der Waals surface area contributed by atoms with E-state index < -0.39 is 0 Å². The first-order valence-corrected chi connectivity index (χ1v) is 8.61. The van der Waals surface area contributed by atoms with Crippen LogP contribution in [0.5, 0.6) is 0 Å². The molecule has 1 aromatic rings. The zero-order valence-corrected chi connectivity index (χ0v) is 12.8. The van der Waals surface area contributed by atoms with Crippen LogP contribution in [-0.2, 0) is 12.8 Å². The molecular formula is C17H27NS. The third-order valence-corrected chi connectivity index (χ3v) is 5.42. The third-order valence-electron chi connectivity index (χ3n) is 4.05. The average Bonchev–Trinajstić information content (AvgIpc) is 2.70. The number of allylic oxidation sites excluding steroid dienone is 1. The number of rotatable bonds is 7. The fourth-order valence-electron chi connectivity index (χ4n) is 2.85. The Balaban J connectivity index is 1.82. The molecule has 0 aromatic carbocycles. The van der Waals surface area contributed by atoms with E-state index in [9.17, 15) is 0 Å². The number of aryl methyl sites for hydroxylation is 2. The Morgan fingerprint density at radius 3 is 2.89 bits per heavy atom. The van der Waals surface area contributed by atoms with E-state index in [4.69, 9.17) is 5.73 Å². The molecule has 2 heteroatoms. The first-order chi connectivity index (χ1) is 9.31. The van der Waals surface area contributed by atoms with Crippen molar-refractivity contribution in [3.63, 3.8) is 0 Å². The lowest BCUT2D eigenvalue weighted by Crippen LogP contribution is -2.08. The number of hydrogen-bond donors (Lipinski definition) is 1. The maximum absolute atomic E-state index is 6.35. The highest BCUT2D eigenvalue weighted by atomic mass is 32.1. The number of unbranched alkanes of at least 4 members (excludes halogenated alkanes) is 3. The molecule has 1 unspecified atom stereocenters. The fourth-order valence-corrected chi connectivity index (χ4v) is 4.14. The maximum atomic E-state index is 6.35. The lowest BCUT2D eigenvalue weighted by Gasteiger charge is -2.09. The van der Waals surface area contributed by atoms with Crippen LogP contribution in [0.15, 0.2) is 18.7 Å². The summed E-state index contributed by atoms with van der Waals surface area (Å²) < 4.78 is 0. The first kappa shape index (κ1) is 14.8. The Hall–Kier alpha value is -0.600. The van der Waals surface area contributed by atoms with E-state index in [1.54, 1.807) is 10.4 Å². The number of fused-ring (bicyclic) bond motifs is 1. The second-order valence-corrected chi connectivity index (χ2v) is 6.86. The topological polar surface area (TPSA) is 26.0 Å². The molecule has 1 aliphatic carbocycles. The molecule has 2 N–H and O–H groups in total. The quantitative estimate of drug-likeness (QED) is 0.416. The normalized spacial score (nSPS) is 16.7. The number of nitrogens with two attached hydrogens (primary N) is 1. The summed E-state index contributed by atoms with van der Waals surface area (Å²) in [5.74, 6) is 0. The summed E-state index contributed by atoms with van der Waals surface area (Å²) in [5.41, 5.74) is 7.95. The molecule has 0 amide bonds. The largest absolute Gasteiger partial charge is 0.323 e. The summed E-state index contributed by atoms with van der Waals surface area (Å²) >= 11 is 1.98. The van der Waals surface area contributed by atoms with Crippen LogP contribution in [0.3, 0.4) is 0 Å². The Morgan fingerprint density at radius 1 is 1.21 bits per heavy atom. The molecule has 2 rings (SSSR count). The predicted molar refractivity (Wildman–Crippen MR) is 85.8 cm³/mol. The lowest BCUT2D eigenvalue weighted by molar-refractivity contribution is 0.577. The third kappa shape index (κ3) is 4.47. The van der Waals surface area contributed by atoms with Gasteiger partial charge in [0.05, 0.1) is 0 Å². The van der Waals surface area contributed by atoms with Crippen LogP contribution in [0.25, 0.3) is 0 Å². The summed E-state index contributed by atoms with van der Waals surface area (Å²) in [6.45, 7) is 3.76. The van der Waals surface area contributed by atoms with Crippen LogP contribution in [0, 0.1) is 0 Å². The zero-order chi connectivity index (χ0) is 13.5. The predicted octanol–water partition coefficient (Wildman–Crippen LogP) is 5.15. The van der Waals surface area contributed by atoms with Gasteiger partial charge in [-0.1, -0.05) is 25.3 Å². The van der Waals surface area contributed by atoms with E-state index in [0.29, 0.717) is 0 Å². The van der Waals surface area contributed by atoms with Crippen molar-refractivity contribution in [1.82, 2.24) is 0 Å². The minimum Gasteiger partial charge on any atom is -0.323 e. The highest BCUT2D eigenvalue weighted by Gasteiger charge is 2.15. The second-order valence-electron chi connectivity index (χ2n) is 5.69. The van der Waals surface area contributed by atoms with E-state index in [2.05, 4.69) is 12.6 Å². The van der Waals surface area contributed by atoms with Gasteiger partial charge in [-0.2, -0.15) is 0 Å². The molecule has 1 heterocycles. The van der Waals surface area contributed by atoms with Crippen LogP contribution in [-0.4, -0.2) is 0 Å². The van der Waals surface area contributed by atoms with Gasteiger partial charge in [0.25, 0.3) is 0 Å². The summed E-state index contributed by atoms with van der Waals surface area (Å²) in [7, 11) is 0. The SMILES string of the molecule is C=CCCCCCC(N)c1cc2c(s1)CCCCC2. The molecule has 0 saturated heterocycles. The second kappa shape index (κ2) is 7.86. The Morgan fingerprint density at radius 2 is 2.05 bits per heavy atom. The van der Waals surface area contributed by atoms with Crippen molar-refractivity contribution >= 4 is 11.3 Å². The maximum Gasteiger partial charge on any atom is 0.0389 e. The molecule has 1 aromatic heterocycles. The molecule has 0 radical (unpaired) electrons. The van der Waals surface area contributed by atoms with Crippen molar-refractivity contribution in [2.24, 2.45) is 5.73 Å². The molecule has 19 heavy (non-hydrogen) atoms. The van der Waals surface area contributed by atoms with Crippen LogP contribution in [0.2, 0.25) is 0 Å². The Bertz CT molecular complexity index is 370. The minimum atomic E-state index is 0.264. The van der Waals surface area contributed by atoms with Gasteiger partial charge >= 0.3 is 0 Å². The van der Waals surface area contributed by atoms with Gasteiger partial charge in [-0.15, -0.1) is 17.9 Å². The minimum absolute atomic E-state index is 0.264. The van der Waals surface area contributed by atoms with E-state index in [1.807, 2.05) is 17.4 Å². The fraction of sp³-hybridized carbons (Fsp3) is 0.647. The highest BCUT2D eigenvalue weighted by Crippen LogP contribution is 2.33. The van der Waals surface area contributed by atoms with E-state index in [1.165, 1.54) is 56.2 Å². The van der Waals surface area contributed by atoms with Crippen LogP contribution < -0.4 is 5.73 Å². The van der Waals surface area contributed by atoms with Gasteiger partial charge in [-0.05, 0) is 56.6 Å². The van der Waals surface area contributed by atoms with Gasteiger partial charge in [0.15, 0.2) is 0 Å². The molecule has 0 bridgehead atoms. The molecule has 0 aliphatic heterocycles. The van der Waals surface area contributed by atoms with Crippen molar-refractivity contribution in [1.29, 1.82) is 0 Å². The van der Waals surface area contributed by atoms with Crippen LogP contribution >= 0.6 is 11.3 Å². The summed E-state index contributed by atoms with van der Waals surface area (Å²) in [6, 6.07) is 2.67. The molecule has 1 aliphatic rings. The molecule has 0 spiro atoms. The van der Waals surface area contributed by atoms with Crippen LogP contribution in [0.4, 0.5) is 0 Å². The standard InChI is InChI=1S/C17H27NS/c1-2-3-4-5-8-11-15(18)17-13-14-10-7-6-9-12-16(14)19-17/h2,13,15H,1,3-12,18H2. The zero-order valence-electron chi connectivity index (χ0n) is 12.0.